The van der Waals surface area contributed by atoms with Crippen molar-refractivity contribution in [3.63, 3.8) is 0 Å². The van der Waals surface area contributed by atoms with Gasteiger partial charge < -0.3 is 28.8 Å². The van der Waals surface area contributed by atoms with Crippen LogP contribution in [0.4, 0.5) is 0 Å². The lowest BCUT2D eigenvalue weighted by molar-refractivity contribution is -0.363. The van der Waals surface area contributed by atoms with E-state index in [9.17, 15) is 9.90 Å². The van der Waals surface area contributed by atoms with Gasteiger partial charge in [-0.25, -0.2) is 0 Å². The van der Waals surface area contributed by atoms with Crippen molar-refractivity contribution < 1.29 is 33.6 Å². The highest BCUT2D eigenvalue weighted by Crippen LogP contribution is 2.35. The van der Waals surface area contributed by atoms with Gasteiger partial charge >= 0.3 is 5.97 Å². The second-order valence-corrected chi connectivity index (χ2v) is 7.08. The van der Waals surface area contributed by atoms with E-state index >= 15 is 0 Å². The highest BCUT2D eigenvalue weighted by atomic mass is 16.8. The van der Waals surface area contributed by atoms with Gasteiger partial charge in [-0.1, -0.05) is 60.7 Å². The van der Waals surface area contributed by atoms with E-state index in [1.165, 1.54) is 6.92 Å². The van der Waals surface area contributed by atoms with Gasteiger partial charge in [-0.2, -0.15) is 0 Å². The lowest BCUT2D eigenvalue weighted by Gasteiger charge is -2.47. The monoisotopic (exact) mass is 400 g/mol. The molecule has 0 aromatic heterocycles. The molecule has 4 rings (SSSR count). The molecule has 2 aromatic carbocycles. The Balaban J connectivity index is 1.48. The average Bonchev–Trinajstić information content (AvgIpc) is 2.75. The molecule has 2 aromatic rings. The number of benzene rings is 2. The molecule has 0 radical (unpaired) electrons. The molecule has 2 fully saturated rings. The summed E-state index contributed by atoms with van der Waals surface area (Å²) in [7, 11) is 0. The smallest absolute Gasteiger partial charge is 0.303 e. The first-order chi connectivity index (χ1) is 14.1. The van der Waals surface area contributed by atoms with Crippen molar-refractivity contribution in [1.82, 2.24) is 0 Å². The van der Waals surface area contributed by atoms with Crippen molar-refractivity contribution in [3.8, 4) is 0 Å². The fourth-order valence-corrected chi connectivity index (χ4v) is 3.55. The van der Waals surface area contributed by atoms with Crippen molar-refractivity contribution in [2.75, 3.05) is 6.61 Å². The van der Waals surface area contributed by atoms with E-state index < -0.39 is 43.0 Å². The van der Waals surface area contributed by atoms with Crippen molar-refractivity contribution >= 4 is 5.97 Å². The first kappa shape index (κ1) is 20.0. The summed E-state index contributed by atoms with van der Waals surface area (Å²) in [6.07, 6.45) is -4.95. The fraction of sp³-hybridized carbons (Fsp3) is 0.409. The molecule has 0 amide bonds. The van der Waals surface area contributed by atoms with E-state index in [1.807, 2.05) is 60.7 Å². The molecule has 7 nitrogen and oxygen atoms in total. The van der Waals surface area contributed by atoms with Crippen LogP contribution in [0.5, 0.6) is 0 Å². The van der Waals surface area contributed by atoms with Gasteiger partial charge in [0.2, 0.25) is 0 Å². The van der Waals surface area contributed by atoms with Gasteiger partial charge in [-0.15, -0.1) is 0 Å². The second-order valence-electron chi connectivity index (χ2n) is 7.08. The Bertz CT molecular complexity index is 797. The lowest BCUT2D eigenvalue weighted by atomic mass is 9.97. The van der Waals surface area contributed by atoms with Crippen LogP contribution in [0, 0.1) is 0 Å². The normalized spacial score (nSPS) is 31.7. The molecule has 7 heteroatoms. The highest BCUT2D eigenvalue weighted by molar-refractivity contribution is 5.66. The number of hydrogen-bond acceptors (Lipinski definition) is 7. The molecule has 6 atom stereocenters. The number of carbonyl (C=O) groups is 1. The summed E-state index contributed by atoms with van der Waals surface area (Å²) in [4.78, 5) is 11.6. The van der Waals surface area contributed by atoms with Crippen LogP contribution in [0.1, 0.15) is 24.3 Å². The van der Waals surface area contributed by atoms with Crippen LogP contribution in [0.3, 0.4) is 0 Å². The average molecular weight is 400 g/mol. The maximum Gasteiger partial charge on any atom is 0.303 e. The predicted molar refractivity (Wildman–Crippen MR) is 101 cm³/mol. The Morgan fingerprint density at radius 3 is 2.45 bits per heavy atom. The van der Waals surface area contributed by atoms with Gasteiger partial charge in [-0.05, 0) is 5.56 Å². The zero-order chi connectivity index (χ0) is 20.2. The van der Waals surface area contributed by atoms with Crippen molar-refractivity contribution in [2.24, 2.45) is 0 Å². The number of fused-ring (bicyclic) bond motifs is 1. The van der Waals surface area contributed by atoms with Crippen LogP contribution >= 0.6 is 0 Å². The Labute approximate surface area is 169 Å². The van der Waals surface area contributed by atoms with E-state index in [0.717, 1.165) is 11.1 Å². The van der Waals surface area contributed by atoms with Crippen molar-refractivity contribution in [3.05, 3.63) is 71.8 Å². The minimum Gasteiger partial charge on any atom is -0.454 e. The molecular formula is C22H24O7. The van der Waals surface area contributed by atoms with Gasteiger partial charge in [0.1, 0.15) is 18.3 Å². The molecule has 1 N–H and O–H groups in total. The summed E-state index contributed by atoms with van der Waals surface area (Å²) in [5, 5.41) is 10.9. The Hall–Kier alpha value is -2.29. The van der Waals surface area contributed by atoms with E-state index in [2.05, 4.69) is 0 Å². The number of aliphatic hydroxyl groups is 1. The van der Waals surface area contributed by atoms with Crippen LogP contribution < -0.4 is 0 Å². The first-order valence-electron chi connectivity index (χ1n) is 9.60. The van der Waals surface area contributed by atoms with Crippen LogP contribution in [-0.2, 0) is 35.1 Å². The molecule has 0 aliphatic carbocycles. The molecule has 154 valence electrons. The lowest BCUT2D eigenvalue weighted by Crippen LogP contribution is -2.63. The third-order valence-electron chi connectivity index (χ3n) is 4.94. The van der Waals surface area contributed by atoms with E-state index in [-0.39, 0.29) is 13.2 Å². The molecule has 2 aliphatic rings. The maximum atomic E-state index is 11.6. The fourth-order valence-electron chi connectivity index (χ4n) is 3.55. The number of aliphatic hydroxyl groups excluding tert-OH is 1. The summed E-state index contributed by atoms with van der Waals surface area (Å²) < 4.78 is 28.9. The summed E-state index contributed by atoms with van der Waals surface area (Å²) in [6.45, 7) is 1.76. The Morgan fingerprint density at radius 1 is 1.07 bits per heavy atom. The van der Waals surface area contributed by atoms with Gasteiger partial charge in [0.25, 0.3) is 0 Å². The third-order valence-corrected chi connectivity index (χ3v) is 4.94. The maximum absolute atomic E-state index is 11.6. The molecule has 29 heavy (non-hydrogen) atoms. The predicted octanol–water partition coefficient (Wildman–Crippen LogP) is 2.33. The zero-order valence-electron chi connectivity index (χ0n) is 16.0. The molecule has 0 saturated carbocycles. The Kier molecular flexibility index (Phi) is 6.22. The van der Waals surface area contributed by atoms with Gasteiger partial charge in [-0.3, -0.25) is 4.79 Å². The number of carbonyl (C=O) groups excluding carboxylic acids is 1. The molecule has 2 heterocycles. The standard InChI is InChI=1S/C22H24O7/c1-14(23)27-20-18(24)19-17(13-26-21(29-19)16-10-6-3-7-11-16)28-22(20)25-12-15-8-4-2-5-9-15/h2-11,17-22,24H,12-13H2,1H3/t17-,18-,19+,20-,21+,22-/m1/s1. The van der Waals surface area contributed by atoms with Crippen LogP contribution in [0.25, 0.3) is 0 Å². The van der Waals surface area contributed by atoms with Crippen molar-refractivity contribution in [2.45, 2.75) is 50.5 Å². The van der Waals surface area contributed by atoms with Crippen LogP contribution in [0.15, 0.2) is 60.7 Å². The number of hydrogen-bond donors (Lipinski definition) is 1. The van der Waals surface area contributed by atoms with Crippen LogP contribution in [0.2, 0.25) is 0 Å². The van der Waals surface area contributed by atoms with E-state index in [0.29, 0.717) is 0 Å². The SMILES string of the molecule is CC(=O)O[C@H]1[C@H](OCc2ccccc2)O[C@@H]2CO[C@H](c3ccccc3)O[C@@H]2[C@H]1O. The molecule has 0 unspecified atom stereocenters. The molecule has 0 bridgehead atoms. The summed E-state index contributed by atoms with van der Waals surface area (Å²) in [5.41, 5.74) is 1.78. The van der Waals surface area contributed by atoms with Gasteiger partial charge in [0.15, 0.2) is 18.7 Å². The number of rotatable bonds is 5. The topological polar surface area (TPSA) is 83.5 Å². The first-order valence-corrected chi connectivity index (χ1v) is 9.60. The van der Waals surface area contributed by atoms with Gasteiger partial charge in [0.05, 0.1) is 13.2 Å². The molecule has 0 spiro atoms. The number of ether oxygens (including phenoxy) is 5. The third kappa shape index (κ3) is 4.66. The minimum atomic E-state index is -1.12. The summed E-state index contributed by atoms with van der Waals surface area (Å²) in [6, 6.07) is 19.0. The zero-order valence-corrected chi connectivity index (χ0v) is 16.0. The highest BCUT2D eigenvalue weighted by Gasteiger charge is 2.51. The molecule has 2 aliphatic heterocycles. The number of esters is 1. The van der Waals surface area contributed by atoms with E-state index in [4.69, 9.17) is 23.7 Å². The minimum absolute atomic E-state index is 0.222. The largest absolute Gasteiger partial charge is 0.454 e. The van der Waals surface area contributed by atoms with Gasteiger partial charge in [0, 0.05) is 12.5 Å². The second kappa shape index (κ2) is 9.02. The Morgan fingerprint density at radius 2 is 1.76 bits per heavy atom. The van der Waals surface area contributed by atoms with Crippen molar-refractivity contribution in [1.29, 1.82) is 0 Å². The summed E-state index contributed by atoms with van der Waals surface area (Å²) >= 11 is 0. The molecular weight excluding hydrogens is 376 g/mol. The van der Waals surface area contributed by atoms with E-state index in [1.54, 1.807) is 0 Å². The quantitative estimate of drug-likeness (QED) is 0.772. The molecule has 2 saturated heterocycles. The van der Waals surface area contributed by atoms with Crippen LogP contribution in [-0.4, -0.2) is 48.4 Å². The summed E-state index contributed by atoms with van der Waals surface area (Å²) in [5.74, 6) is -0.531.